The van der Waals surface area contributed by atoms with Crippen LogP contribution in [-0.2, 0) is 11.2 Å². The molecule has 2 nitrogen and oxygen atoms in total. The lowest BCUT2D eigenvalue weighted by molar-refractivity contribution is -0.0699. The van der Waals surface area contributed by atoms with Crippen molar-refractivity contribution in [1.29, 1.82) is 0 Å². The predicted molar refractivity (Wildman–Crippen MR) is 87.4 cm³/mol. The molecule has 2 unspecified atom stereocenters. The van der Waals surface area contributed by atoms with Gasteiger partial charge in [0, 0.05) is 29.8 Å². The van der Waals surface area contributed by atoms with Crippen molar-refractivity contribution in [2.75, 3.05) is 24.7 Å². The molecule has 2 aliphatic heterocycles. The maximum atomic E-state index is 6.06. The van der Waals surface area contributed by atoms with Gasteiger partial charge in [0.05, 0.1) is 9.39 Å². The molecule has 1 spiro atoms. The van der Waals surface area contributed by atoms with Crippen molar-refractivity contribution in [3.63, 3.8) is 0 Å². The van der Waals surface area contributed by atoms with Crippen LogP contribution in [0.25, 0.3) is 0 Å². The molecule has 5 heteroatoms. The highest BCUT2D eigenvalue weighted by atomic mass is 79.9. The molecular weight excluding hydrogens is 342 g/mol. The summed E-state index contributed by atoms with van der Waals surface area (Å²) < 4.78 is 7.29. The number of ether oxygens (including phenoxy) is 1. The Bertz CT molecular complexity index is 417. The number of hydrogen-bond acceptors (Lipinski definition) is 4. The number of nitrogens with one attached hydrogen (secondary N) is 1. The minimum atomic E-state index is 0.201. The van der Waals surface area contributed by atoms with Gasteiger partial charge in [0.1, 0.15) is 0 Å². The van der Waals surface area contributed by atoms with Crippen LogP contribution in [0.1, 0.15) is 24.1 Å². The fourth-order valence-corrected chi connectivity index (χ4v) is 5.81. The minimum absolute atomic E-state index is 0.201. The zero-order chi connectivity index (χ0) is 13.1. The standard InChI is InChI=1S/C14H20BrNOS2/c15-13-2-1-12(19-13)3-6-16-11-4-7-17-14(9-11)5-8-18-10-14/h1-2,11,16H,3-10H2. The van der Waals surface area contributed by atoms with E-state index in [0.29, 0.717) is 6.04 Å². The summed E-state index contributed by atoms with van der Waals surface area (Å²) in [4.78, 5) is 1.46. The second-order valence-corrected chi connectivity index (χ2v) is 9.09. The fraction of sp³-hybridized carbons (Fsp3) is 0.714. The van der Waals surface area contributed by atoms with Gasteiger partial charge in [-0.05, 0) is 59.5 Å². The van der Waals surface area contributed by atoms with Crippen LogP contribution in [0.5, 0.6) is 0 Å². The highest BCUT2D eigenvalue weighted by Crippen LogP contribution is 2.38. The molecule has 2 fully saturated rings. The van der Waals surface area contributed by atoms with Crippen LogP contribution >= 0.6 is 39.0 Å². The van der Waals surface area contributed by atoms with E-state index in [0.717, 1.165) is 19.6 Å². The maximum Gasteiger partial charge on any atom is 0.0795 e. The van der Waals surface area contributed by atoms with Gasteiger partial charge in [-0.3, -0.25) is 0 Å². The Morgan fingerprint density at radius 3 is 3.16 bits per heavy atom. The lowest BCUT2D eigenvalue weighted by Gasteiger charge is -2.38. The fourth-order valence-electron chi connectivity index (χ4n) is 2.95. The lowest BCUT2D eigenvalue weighted by atomic mass is 9.90. The van der Waals surface area contributed by atoms with E-state index < -0.39 is 0 Å². The number of thiophene rings is 1. The molecule has 1 N–H and O–H groups in total. The zero-order valence-corrected chi connectivity index (χ0v) is 14.2. The van der Waals surface area contributed by atoms with Gasteiger partial charge in [-0.2, -0.15) is 11.8 Å². The molecule has 106 valence electrons. The molecule has 2 aliphatic rings. The van der Waals surface area contributed by atoms with Crippen molar-refractivity contribution < 1.29 is 4.74 Å². The summed E-state index contributed by atoms with van der Waals surface area (Å²) in [5.41, 5.74) is 0.201. The predicted octanol–water partition coefficient (Wildman–Crippen LogP) is 3.70. The minimum Gasteiger partial charge on any atom is -0.374 e. The van der Waals surface area contributed by atoms with E-state index in [2.05, 4.69) is 33.4 Å². The molecule has 0 aromatic carbocycles. The molecule has 0 saturated carbocycles. The summed E-state index contributed by atoms with van der Waals surface area (Å²) >= 11 is 7.41. The molecule has 2 atom stereocenters. The van der Waals surface area contributed by atoms with Crippen molar-refractivity contribution in [2.24, 2.45) is 0 Å². The summed E-state index contributed by atoms with van der Waals surface area (Å²) in [5.74, 6) is 2.47. The molecule has 2 saturated heterocycles. The monoisotopic (exact) mass is 361 g/mol. The molecule has 0 bridgehead atoms. The third-order valence-electron chi connectivity index (χ3n) is 3.99. The van der Waals surface area contributed by atoms with Gasteiger partial charge in [-0.15, -0.1) is 11.3 Å². The van der Waals surface area contributed by atoms with Crippen LogP contribution in [0.3, 0.4) is 0 Å². The van der Waals surface area contributed by atoms with Gasteiger partial charge in [0.2, 0.25) is 0 Å². The van der Waals surface area contributed by atoms with E-state index in [4.69, 9.17) is 4.74 Å². The molecular formula is C14H20BrNOS2. The summed E-state index contributed by atoms with van der Waals surface area (Å²) in [6.07, 6.45) is 4.75. The average molecular weight is 362 g/mol. The first kappa shape index (κ1) is 14.4. The Morgan fingerprint density at radius 1 is 1.47 bits per heavy atom. The lowest BCUT2D eigenvalue weighted by Crippen LogP contribution is -2.47. The topological polar surface area (TPSA) is 21.3 Å². The van der Waals surface area contributed by atoms with E-state index in [9.17, 15) is 0 Å². The largest absolute Gasteiger partial charge is 0.374 e. The average Bonchev–Trinajstić information content (AvgIpc) is 3.00. The molecule has 19 heavy (non-hydrogen) atoms. The first-order chi connectivity index (χ1) is 9.26. The van der Waals surface area contributed by atoms with Crippen LogP contribution < -0.4 is 5.32 Å². The Kier molecular flexibility index (Phi) is 4.91. The number of rotatable bonds is 4. The smallest absolute Gasteiger partial charge is 0.0795 e. The molecule has 0 radical (unpaired) electrons. The highest BCUT2D eigenvalue weighted by molar-refractivity contribution is 9.11. The van der Waals surface area contributed by atoms with Crippen molar-refractivity contribution >= 4 is 39.0 Å². The first-order valence-electron chi connectivity index (χ1n) is 6.95. The Labute approximate surface area is 131 Å². The summed E-state index contributed by atoms with van der Waals surface area (Å²) in [7, 11) is 0. The quantitative estimate of drug-likeness (QED) is 0.883. The SMILES string of the molecule is Brc1ccc(CCNC2CCOC3(CCSC3)C2)s1. The molecule has 1 aromatic rings. The number of hydrogen-bond donors (Lipinski definition) is 1. The van der Waals surface area contributed by atoms with E-state index in [-0.39, 0.29) is 5.60 Å². The summed E-state index contributed by atoms with van der Waals surface area (Å²) in [5, 5.41) is 3.73. The normalized spacial score (nSPS) is 31.1. The maximum absolute atomic E-state index is 6.06. The van der Waals surface area contributed by atoms with Crippen LogP contribution in [0, 0.1) is 0 Å². The van der Waals surface area contributed by atoms with Gasteiger partial charge in [-0.25, -0.2) is 0 Å². The van der Waals surface area contributed by atoms with Gasteiger partial charge >= 0.3 is 0 Å². The number of halogens is 1. The van der Waals surface area contributed by atoms with Crippen molar-refractivity contribution in [1.82, 2.24) is 5.32 Å². The third kappa shape index (κ3) is 3.76. The zero-order valence-electron chi connectivity index (χ0n) is 11.0. The third-order valence-corrected chi connectivity index (χ3v) is 6.90. The first-order valence-corrected chi connectivity index (χ1v) is 9.72. The van der Waals surface area contributed by atoms with Crippen molar-refractivity contribution in [3.05, 3.63) is 20.8 Å². The molecule has 3 heterocycles. The van der Waals surface area contributed by atoms with Gasteiger partial charge in [-0.1, -0.05) is 0 Å². The van der Waals surface area contributed by atoms with Crippen LogP contribution in [-0.4, -0.2) is 36.3 Å². The van der Waals surface area contributed by atoms with Gasteiger partial charge in [0.25, 0.3) is 0 Å². The second-order valence-electron chi connectivity index (χ2n) is 5.43. The summed E-state index contributed by atoms with van der Waals surface area (Å²) in [6, 6.07) is 5.00. The van der Waals surface area contributed by atoms with E-state index in [1.165, 1.54) is 39.4 Å². The number of thioether (sulfide) groups is 1. The van der Waals surface area contributed by atoms with Crippen LogP contribution in [0.2, 0.25) is 0 Å². The van der Waals surface area contributed by atoms with Crippen LogP contribution in [0.4, 0.5) is 0 Å². The molecule has 3 rings (SSSR count). The van der Waals surface area contributed by atoms with Crippen molar-refractivity contribution in [2.45, 2.75) is 37.3 Å². The van der Waals surface area contributed by atoms with E-state index >= 15 is 0 Å². The molecule has 0 aliphatic carbocycles. The highest BCUT2D eigenvalue weighted by Gasteiger charge is 2.40. The van der Waals surface area contributed by atoms with E-state index in [1.54, 1.807) is 0 Å². The Morgan fingerprint density at radius 2 is 2.42 bits per heavy atom. The second kappa shape index (κ2) is 6.48. The van der Waals surface area contributed by atoms with Crippen molar-refractivity contribution in [3.8, 4) is 0 Å². The Hall–Kier alpha value is 0.450. The Balaban J connectivity index is 1.45. The molecule has 1 aromatic heterocycles. The van der Waals surface area contributed by atoms with E-state index in [1.807, 2.05) is 23.1 Å². The van der Waals surface area contributed by atoms with Gasteiger partial charge < -0.3 is 10.1 Å². The van der Waals surface area contributed by atoms with Gasteiger partial charge in [0.15, 0.2) is 0 Å². The molecule has 0 amide bonds. The summed E-state index contributed by atoms with van der Waals surface area (Å²) in [6.45, 7) is 2.02. The van der Waals surface area contributed by atoms with Crippen LogP contribution in [0.15, 0.2) is 15.9 Å².